The lowest BCUT2D eigenvalue weighted by molar-refractivity contribution is 0.326. The number of likely N-dealkylation sites (N-methyl/N-ethyl adjacent to an activating group) is 1. The quantitative estimate of drug-likeness (QED) is 0.862. The Balaban J connectivity index is 2.96. The van der Waals surface area contributed by atoms with E-state index in [0.717, 1.165) is 29.5 Å². The number of hydrogen-bond donors (Lipinski definition) is 1. The lowest BCUT2D eigenvalue weighted by atomic mass is 10.0. The molecule has 0 bridgehead atoms. The third-order valence-electron chi connectivity index (χ3n) is 2.92. The fraction of sp³-hybridized carbons (Fsp3) is 0.750. The number of nitrogens with one attached hydrogen (secondary N) is 1. The first kappa shape index (κ1) is 13.5. The predicted octanol–water partition coefficient (Wildman–Crippen LogP) is 2.96. The maximum absolute atomic E-state index is 6.18. The summed E-state index contributed by atoms with van der Waals surface area (Å²) in [6, 6.07) is 0.367. The molecule has 1 aromatic heterocycles. The average Bonchev–Trinajstić information content (AvgIpc) is 2.47. The summed E-state index contributed by atoms with van der Waals surface area (Å²) in [5.41, 5.74) is 1.98. The molecular weight excluding hydrogens is 222 g/mol. The van der Waals surface area contributed by atoms with Crippen LogP contribution in [0.2, 0.25) is 5.02 Å². The van der Waals surface area contributed by atoms with E-state index in [-0.39, 0.29) is 0 Å². The zero-order chi connectivity index (χ0) is 12.3. The highest BCUT2D eigenvalue weighted by molar-refractivity contribution is 6.31. The summed E-state index contributed by atoms with van der Waals surface area (Å²) >= 11 is 6.18. The van der Waals surface area contributed by atoms with Gasteiger partial charge < -0.3 is 5.32 Å². The Morgan fingerprint density at radius 1 is 1.38 bits per heavy atom. The van der Waals surface area contributed by atoms with Gasteiger partial charge in [0.15, 0.2) is 0 Å². The lowest BCUT2D eigenvalue weighted by Crippen LogP contribution is -2.30. The van der Waals surface area contributed by atoms with Gasteiger partial charge in [0.05, 0.1) is 22.5 Å². The molecule has 0 aliphatic heterocycles. The van der Waals surface area contributed by atoms with E-state index in [9.17, 15) is 0 Å². The van der Waals surface area contributed by atoms with Crippen LogP contribution in [0.3, 0.4) is 0 Å². The molecule has 0 aliphatic rings. The van der Waals surface area contributed by atoms with E-state index in [1.54, 1.807) is 0 Å². The molecule has 16 heavy (non-hydrogen) atoms. The Kier molecular flexibility index (Phi) is 4.81. The molecule has 1 rings (SSSR count). The van der Waals surface area contributed by atoms with Crippen LogP contribution in [-0.2, 0) is 0 Å². The Bertz CT molecular complexity index is 344. The van der Waals surface area contributed by atoms with Crippen molar-refractivity contribution in [2.75, 3.05) is 13.1 Å². The van der Waals surface area contributed by atoms with Gasteiger partial charge in [0.2, 0.25) is 0 Å². The summed E-state index contributed by atoms with van der Waals surface area (Å²) in [5.74, 6) is 0.535. The third-order valence-corrected chi connectivity index (χ3v) is 3.47. The molecule has 1 aromatic rings. The second-order valence-corrected chi connectivity index (χ2v) is 4.93. The zero-order valence-corrected chi connectivity index (χ0v) is 11.6. The summed E-state index contributed by atoms with van der Waals surface area (Å²) in [5, 5.41) is 8.70. The molecule has 0 saturated heterocycles. The van der Waals surface area contributed by atoms with Crippen molar-refractivity contribution in [3.05, 3.63) is 16.4 Å². The van der Waals surface area contributed by atoms with Crippen molar-refractivity contribution < 1.29 is 0 Å². The number of nitrogens with zero attached hydrogens (tertiary/aromatic N) is 2. The summed E-state index contributed by atoms with van der Waals surface area (Å²) in [4.78, 5) is 0. The Hall–Kier alpha value is -0.540. The first-order valence-electron chi connectivity index (χ1n) is 5.90. The number of aromatic nitrogens is 2. The van der Waals surface area contributed by atoms with Gasteiger partial charge in [-0.05, 0) is 26.3 Å². The van der Waals surface area contributed by atoms with Crippen molar-refractivity contribution in [1.29, 1.82) is 0 Å². The van der Waals surface area contributed by atoms with Crippen LogP contribution in [0, 0.1) is 19.8 Å². The van der Waals surface area contributed by atoms with Gasteiger partial charge in [-0.2, -0.15) is 5.10 Å². The minimum absolute atomic E-state index is 0.367. The summed E-state index contributed by atoms with van der Waals surface area (Å²) in [6.07, 6.45) is 0. The Labute approximate surface area is 103 Å². The maximum Gasteiger partial charge on any atom is 0.0844 e. The van der Waals surface area contributed by atoms with Gasteiger partial charge in [-0.3, -0.25) is 4.68 Å². The Morgan fingerprint density at radius 3 is 2.38 bits per heavy atom. The molecule has 0 aliphatic carbocycles. The highest BCUT2D eigenvalue weighted by Crippen LogP contribution is 2.25. The van der Waals surface area contributed by atoms with Crippen LogP contribution in [-0.4, -0.2) is 22.9 Å². The second kappa shape index (κ2) is 5.69. The number of rotatable bonds is 5. The van der Waals surface area contributed by atoms with E-state index < -0.39 is 0 Å². The molecule has 0 amide bonds. The van der Waals surface area contributed by atoms with E-state index in [1.165, 1.54) is 0 Å². The highest BCUT2D eigenvalue weighted by Gasteiger charge is 2.20. The SMILES string of the molecule is CCNCC(C(C)C)n1nc(C)c(Cl)c1C. The number of halogens is 1. The van der Waals surface area contributed by atoms with Crippen LogP contribution in [0.1, 0.15) is 38.2 Å². The third kappa shape index (κ3) is 2.77. The van der Waals surface area contributed by atoms with Crippen LogP contribution in [0.25, 0.3) is 0 Å². The molecule has 1 heterocycles. The van der Waals surface area contributed by atoms with Crippen molar-refractivity contribution in [2.45, 2.75) is 40.7 Å². The van der Waals surface area contributed by atoms with Gasteiger partial charge >= 0.3 is 0 Å². The first-order chi connectivity index (χ1) is 7.49. The van der Waals surface area contributed by atoms with E-state index >= 15 is 0 Å². The maximum atomic E-state index is 6.18. The largest absolute Gasteiger partial charge is 0.315 e. The monoisotopic (exact) mass is 243 g/mol. The highest BCUT2D eigenvalue weighted by atomic mass is 35.5. The molecule has 4 heteroatoms. The minimum atomic E-state index is 0.367. The molecule has 0 aromatic carbocycles. The normalized spacial score (nSPS) is 13.4. The number of hydrogen-bond acceptors (Lipinski definition) is 2. The van der Waals surface area contributed by atoms with Crippen molar-refractivity contribution in [3.8, 4) is 0 Å². The van der Waals surface area contributed by atoms with Crippen molar-refractivity contribution in [1.82, 2.24) is 15.1 Å². The summed E-state index contributed by atoms with van der Waals surface area (Å²) < 4.78 is 2.06. The zero-order valence-electron chi connectivity index (χ0n) is 10.8. The van der Waals surface area contributed by atoms with Crippen LogP contribution in [0.4, 0.5) is 0 Å². The molecule has 92 valence electrons. The standard InChI is InChI=1S/C12H22ClN3/c1-6-14-7-11(8(2)3)16-10(5)12(13)9(4)15-16/h8,11,14H,6-7H2,1-5H3. The molecule has 0 saturated carbocycles. The molecule has 1 N–H and O–H groups in total. The van der Waals surface area contributed by atoms with Crippen molar-refractivity contribution >= 4 is 11.6 Å². The van der Waals surface area contributed by atoms with Crippen LogP contribution < -0.4 is 5.32 Å². The van der Waals surface area contributed by atoms with Gasteiger partial charge in [-0.1, -0.05) is 32.4 Å². The van der Waals surface area contributed by atoms with Gasteiger partial charge in [-0.25, -0.2) is 0 Å². The van der Waals surface area contributed by atoms with Crippen LogP contribution in [0.5, 0.6) is 0 Å². The molecule has 3 nitrogen and oxygen atoms in total. The molecule has 0 fully saturated rings. The molecular formula is C12H22ClN3. The van der Waals surface area contributed by atoms with E-state index in [0.29, 0.717) is 12.0 Å². The molecule has 0 radical (unpaired) electrons. The van der Waals surface area contributed by atoms with E-state index in [1.807, 2.05) is 13.8 Å². The fourth-order valence-electron chi connectivity index (χ4n) is 1.86. The molecule has 0 spiro atoms. The van der Waals surface area contributed by atoms with Gasteiger partial charge in [0, 0.05) is 6.54 Å². The summed E-state index contributed by atoms with van der Waals surface area (Å²) in [7, 11) is 0. The smallest absolute Gasteiger partial charge is 0.0844 e. The molecule has 1 unspecified atom stereocenters. The van der Waals surface area contributed by atoms with Gasteiger partial charge in [-0.15, -0.1) is 0 Å². The summed E-state index contributed by atoms with van der Waals surface area (Å²) in [6.45, 7) is 12.5. The predicted molar refractivity (Wildman–Crippen MR) is 69.1 cm³/mol. The Morgan fingerprint density at radius 2 is 2.00 bits per heavy atom. The van der Waals surface area contributed by atoms with E-state index in [2.05, 4.69) is 35.9 Å². The molecule has 1 atom stereocenters. The van der Waals surface area contributed by atoms with Gasteiger partial charge in [0.1, 0.15) is 0 Å². The van der Waals surface area contributed by atoms with Crippen LogP contribution in [0.15, 0.2) is 0 Å². The van der Waals surface area contributed by atoms with E-state index in [4.69, 9.17) is 11.6 Å². The first-order valence-corrected chi connectivity index (χ1v) is 6.28. The second-order valence-electron chi connectivity index (χ2n) is 4.55. The minimum Gasteiger partial charge on any atom is -0.315 e. The van der Waals surface area contributed by atoms with Crippen molar-refractivity contribution in [2.24, 2.45) is 5.92 Å². The fourth-order valence-corrected chi connectivity index (χ4v) is 1.99. The van der Waals surface area contributed by atoms with Crippen LogP contribution >= 0.6 is 11.6 Å². The lowest BCUT2D eigenvalue weighted by Gasteiger charge is -2.23. The number of aryl methyl sites for hydroxylation is 1. The topological polar surface area (TPSA) is 29.9 Å². The van der Waals surface area contributed by atoms with Gasteiger partial charge in [0.25, 0.3) is 0 Å². The van der Waals surface area contributed by atoms with Crippen molar-refractivity contribution in [3.63, 3.8) is 0 Å². The average molecular weight is 244 g/mol.